The summed E-state index contributed by atoms with van der Waals surface area (Å²) in [6, 6.07) is 11.0. The average molecular weight is 325 g/mol. The summed E-state index contributed by atoms with van der Waals surface area (Å²) in [6.07, 6.45) is 1.57. The second kappa shape index (κ2) is 6.62. The van der Waals surface area contributed by atoms with Gasteiger partial charge in [-0.3, -0.25) is 14.2 Å². The Morgan fingerprint density at radius 1 is 1.21 bits per heavy atom. The lowest BCUT2D eigenvalue weighted by molar-refractivity contribution is -0.116. The van der Waals surface area contributed by atoms with Crippen LogP contribution in [0.15, 0.2) is 53.6 Å². The van der Waals surface area contributed by atoms with Crippen LogP contribution in [0.5, 0.6) is 0 Å². The first-order chi connectivity index (χ1) is 11.5. The molecule has 0 aliphatic carbocycles. The third kappa shape index (κ3) is 3.48. The highest BCUT2D eigenvalue weighted by molar-refractivity contribution is 5.90. The van der Waals surface area contributed by atoms with Gasteiger partial charge in [0.1, 0.15) is 5.82 Å². The van der Waals surface area contributed by atoms with Crippen LogP contribution in [-0.4, -0.2) is 15.5 Å². The van der Waals surface area contributed by atoms with Gasteiger partial charge in [0, 0.05) is 18.7 Å². The van der Waals surface area contributed by atoms with Crippen molar-refractivity contribution in [3.8, 4) is 0 Å². The molecule has 0 atom stereocenters. The van der Waals surface area contributed by atoms with Crippen molar-refractivity contribution in [1.82, 2.24) is 9.55 Å². The number of nitrogens with one attached hydrogen (secondary N) is 1. The topological polar surface area (TPSA) is 64.0 Å². The zero-order chi connectivity index (χ0) is 17.1. The Kier molecular flexibility index (Phi) is 4.37. The molecule has 0 radical (unpaired) electrons. The van der Waals surface area contributed by atoms with Crippen LogP contribution in [0, 0.1) is 12.7 Å². The Bertz CT molecular complexity index is 949. The van der Waals surface area contributed by atoms with Crippen LogP contribution in [0.25, 0.3) is 10.9 Å². The van der Waals surface area contributed by atoms with Crippen LogP contribution in [0.1, 0.15) is 12.0 Å². The molecular weight excluding hydrogens is 309 g/mol. The SMILES string of the molecule is Cc1ccc2ncn(CCC(=O)Nc3ccc(F)cc3)c(=O)c2c1. The molecule has 6 heteroatoms. The molecule has 1 heterocycles. The van der Waals surface area contributed by atoms with Crippen LogP contribution in [-0.2, 0) is 11.3 Å². The lowest BCUT2D eigenvalue weighted by Gasteiger charge is -2.08. The van der Waals surface area contributed by atoms with Gasteiger partial charge < -0.3 is 5.32 Å². The van der Waals surface area contributed by atoms with Gasteiger partial charge in [-0.2, -0.15) is 0 Å². The van der Waals surface area contributed by atoms with E-state index in [1.807, 2.05) is 13.0 Å². The Balaban J connectivity index is 1.71. The highest BCUT2D eigenvalue weighted by Gasteiger charge is 2.07. The van der Waals surface area contributed by atoms with E-state index in [0.717, 1.165) is 5.56 Å². The molecule has 0 fully saturated rings. The van der Waals surface area contributed by atoms with Gasteiger partial charge in [0.25, 0.3) is 5.56 Å². The number of carbonyl (C=O) groups is 1. The number of amides is 1. The molecule has 5 nitrogen and oxygen atoms in total. The average Bonchev–Trinajstić information content (AvgIpc) is 2.57. The highest BCUT2D eigenvalue weighted by atomic mass is 19.1. The van der Waals surface area contributed by atoms with E-state index < -0.39 is 0 Å². The van der Waals surface area contributed by atoms with Crippen LogP contribution in [0.4, 0.5) is 10.1 Å². The van der Waals surface area contributed by atoms with Crippen LogP contribution >= 0.6 is 0 Å². The maximum atomic E-state index is 12.8. The van der Waals surface area contributed by atoms with Crippen molar-refractivity contribution in [3.63, 3.8) is 0 Å². The summed E-state index contributed by atoms with van der Waals surface area (Å²) in [7, 11) is 0. The van der Waals surface area contributed by atoms with Crippen LogP contribution < -0.4 is 10.9 Å². The lowest BCUT2D eigenvalue weighted by Crippen LogP contribution is -2.23. The Morgan fingerprint density at radius 3 is 2.71 bits per heavy atom. The normalized spacial score (nSPS) is 10.8. The van der Waals surface area contributed by atoms with E-state index in [1.54, 1.807) is 12.1 Å². The maximum absolute atomic E-state index is 12.8. The van der Waals surface area contributed by atoms with Crippen LogP contribution in [0.2, 0.25) is 0 Å². The van der Waals surface area contributed by atoms with E-state index in [0.29, 0.717) is 16.6 Å². The molecule has 1 amide bonds. The van der Waals surface area contributed by atoms with E-state index in [4.69, 9.17) is 0 Å². The van der Waals surface area contributed by atoms with E-state index in [9.17, 15) is 14.0 Å². The summed E-state index contributed by atoms with van der Waals surface area (Å²) in [5.41, 5.74) is 1.96. The van der Waals surface area contributed by atoms with Gasteiger partial charge in [-0.25, -0.2) is 9.37 Å². The van der Waals surface area contributed by atoms with Gasteiger partial charge in [0.2, 0.25) is 5.91 Å². The van der Waals surface area contributed by atoms with Gasteiger partial charge in [-0.1, -0.05) is 11.6 Å². The van der Waals surface area contributed by atoms with Crippen molar-refractivity contribution >= 4 is 22.5 Å². The fourth-order valence-corrected chi connectivity index (χ4v) is 2.41. The quantitative estimate of drug-likeness (QED) is 0.802. The first-order valence-corrected chi connectivity index (χ1v) is 7.54. The second-order valence-corrected chi connectivity index (χ2v) is 5.57. The van der Waals surface area contributed by atoms with Crippen molar-refractivity contribution in [3.05, 3.63) is 70.5 Å². The summed E-state index contributed by atoms with van der Waals surface area (Å²) in [4.78, 5) is 28.6. The van der Waals surface area contributed by atoms with Gasteiger partial charge in [-0.05, 0) is 43.3 Å². The van der Waals surface area contributed by atoms with Crippen molar-refractivity contribution in [2.45, 2.75) is 19.9 Å². The first kappa shape index (κ1) is 15.9. The Hall–Kier alpha value is -3.02. The third-order valence-electron chi connectivity index (χ3n) is 3.69. The molecular formula is C18H16FN3O2. The predicted octanol–water partition coefficient (Wildman–Crippen LogP) is 2.87. The molecule has 0 aliphatic rings. The molecule has 0 aliphatic heterocycles. The zero-order valence-corrected chi connectivity index (χ0v) is 13.1. The molecule has 1 aromatic heterocycles. The van der Waals surface area contributed by atoms with Crippen molar-refractivity contribution in [1.29, 1.82) is 0 Å². The minimum absolute atomic E-state index is 0.121. The molecule has 3 rings (SSSR count). The second-order valence-electron chi connectivity index (χ2n) is 5.57. The number of hydrogen-bond acceptors (Lipinski definition) is 3. The Labute approximate surface area is 137 Å². The van der Waals surface area contributed by atoms with Crippen molar-refractivity contribution in [2.24, 2.45) is 0 Å². The summed E-state index contributed by atoms with van der Waals surface area (Å²) in [5.74, 6) is -0.616. The summed E-state index contributed by atoms with van der Waals surface area (Å²) < 4.78 is 14.3. The third-order valence-corrected chi connectivity index (χ3v) is 3.69. The van der Waals surface area contributed by atoms with E-state index >= 15 is 0 Å². The monoisotopic (exact) mass is 325 g/mol. The molecule has 3 aromatic rings. The standard InChI is InChI=1S/C18H16FN3O2/c1-12-2-7-16-15(10-12)18(24)22(11-20-16)9-8-17(23)21-14-5-3-13(19)4-6-14/h2-7,10-11H,8-9H2,1H3,(H,21,23). The van der Waals surface area contributed by atoms with Gasteiger partial charge >= 0.3 is 0 Å². The summed E-state index contributed by atoms with van der Waals surface area (Å²) in [5, 5.41) is 3.20. The fourth-order valence-electron chi connectivity index (χ4n) is 2.41. The molecule has 0 saturated heterocycles. The van der Waals surface area contributed by atoms with E-state index in [2.05, 4.69) is 10.3 Å². The van der Waals surface area contributed by atoms with Gasteiger partial charge in [0.05, 0.1) is 17.2 Å². The smallest absolute Gasteiger partial charge is 0.261 e. The minimum atomic E-state index is -0.364. The number of rotatable bonds is 4. The predicted molar refractivity (Wildman–Crippen MR) is 90.4 cm³/mol. The van der Waals surface area contributed by atoms with Crippen molar-refractivity contribution in [2.75, 3.05) is 5.32 Å². The zero-order valence-electron chi connectivity index (χ0n) is 13.1. The van der Waals surface area contributed by atoms with E-state index in [-0.39, 0.29) is 30.2 Å². The number of benzene rings is 2. The maximum Gasteiger partial charge on any atom is 0.261 e. The number of aromatic nitrogens is 2. The highest BCUT2D eigenvalue weighted by Crippen LogP contribution is 2.10. The first-order valence-electron chi connectivity index (χ1n) is 7.54. The fraction of sp³-hybridized carbons (Fsp3) is 0.167. The number of anilines is 1. The van der Waals surface area contributed by atoms with E-state index in [1.165, 1.54) is 35.2 Å². The molecule has 1 N–H and O–H groups in total. The van der Waals surface area contributed by atoms with Crippen molar-refractivity contribution < 1.29 is 9.18 Å². The van der Waals surface area contributed by atoms with Crippen LogP contribution in [0.3, 0.4) is 0 Å². The number of fused-ring (bicyclic) bond motifs is 1. The Morgan fingerprint density at radius 2 is 1.96 bits per heavy atom. The number of halogens is 1. The molecule has 0 spiro atoms. The summed E-state index contributed by atoms with van der Waals surface area (Å²) in [6.45, 7) is 2.13. The number of hydrogen-bond donors (Lipinski definition) is 1. The molecule has 0 saturated carbocycles. The number of carbonyl (C=O) groups excluding carboxylic acids is 1. The molecule has 24 heavy (non-hydrogen) atoms. The summed E-state index contributed by atoms with van der Waals surface area (Å²) >= 11 is 0. The molecule has 0 unspecified atom stereocenters. The number of nitrogens with zero attached hydrogens (tertiary/aromatic N) is 2. The number of aryl methyl sites for hydroxylation is 2. The largest absolute Gasteiger partial charge is 0.326 e. The van der Waals surface area contributed by atoms with Gasteiger partial charge in [-0.15, -0.1) is 0 Å². The van der Waals surface area contributed by atoms with Gasteiger partial charge in [0.15, 0.2) is 0 Å². The molecule has 2 aromatic carbocycles. The lowest BCUT2D eigenvalue weighted by atomic mass is 10.2. The molecule has 122 valence electrons. The molecule has 0 bridgehead atoms. The minimum Gasteiger partial charge on any atom is -0.326 e.